The van der Waals surface area contributed by atoms with Gasteiger partial charge in [0, 0.05) is 26.7 Å². The zero-order valence-electron chi connectivity index (χ0n) is 10.9. The second-order valence-corrected chi connectivity index (χ2v) is 4.97. The molecule has 6 nitrogen and oxygen atoms in total. The summed E-state index contributed by atoms with van der Waals surface area (Å²) in [5, 5.41) is 6.35. The van der Waals surface area contributed by atoms with Crippen molar-refractivity contribution in [1.29, 1.82) is 0 Å². The van der Waals surface area contributed by atoms with Crippen molar-refractivity contribution in [3.05, 3.63) is 0 Å². The molecule has 1 aliphatic carbocycles. The number of hydrogen-bond donors (Lipinski definition) is 2. The van der Waals surface area contributed by atoms with Gasteiger partial charge in [-0.25, -0.2) is 0 Å². The molecule has 1 aromatic rings. The van der Waals surface area contributed by atoms with Gasteiger partial charge in [-0.15, -0.1) is 0 Å². The zero-order valence-corrected chi connectivity index (χ0v) is 10.9. The van der Waals surface area contributed by atoms with E-state index in [0.29, 0.717) is 17.8 Å². The van der Waals surface area contributed by atoms with Crippen LogP contribution >= 0.6 is 0 Å². The molecule has 94 valence electrons. The van der Waals surface area contributed by atoms with Crippen LogP contribution in [-0.2, 0) is 0 Å². The minimum Gasteiger partial charge on any atom is -0.357 e. The molecule has 0 saturated heterocycles. The van der Waals surface area contributed by atoms with E-state index in [-0.39, 0.29) is 5.54 Å². The maximum Gasteiger partial charge on any atom is 0.231 e. The number of aromatic nitrogens is 3. The third-order valence-corrected chi connectivity index (χ3v) is 3.12. The maximum atomic E-state index is 4.40. The van der Waals surface area contributed by atoms with E-state index in [9.17, 15) is 0 Å². The van der Waals surface area contributed by atoms with E-state index < -0.39 is 0 Å². The summed E-state index contributed by atoms with van der Waals surface area (Å²) in [4.78, 5) is 14.9. The normalized spacial score (nSPS) is 17.2. The predicted molar refractivity (Wildman–Crippen MR) is 69.6 cm³/mol. The SMILES string of the molecule is CNc1nc(NC2(C)CCC2)nc(N(C)C)n1. The van der Waals surface area contributed by atoms with Crippen molar-refractivity contribution in [2.75, 3.05) is 36.7 Å². The van der Waals surface area contributed by atoms with E-state index in [2.05, 4.69) is 32.5 Å². The van der Waals surface area contributed by atoms with Gasteiger partial charge in [0.15, 0.2) is 0 Å². The van der Waals surface area contributed by atoms with Crippen LogP contribution < -0.4 is 15.5 Å². The Morgan fingerprint density at radius 1 is 1.12 bits per heavy atom. The quantitative estimate of drug-likeness (QED) is 0.822. The molecule has 0 spiro atoms. The Bertz CT molecular complexity index is 399. The van der Waals surface area contributed by atoms with Crippen molar-refractivity contribution in [2.24, 2.45) is 0 Å². The van der Waals surface area contributed by atoms with Crippen molar-refractivity contribution in [1.82, 2.24) is 15.0 Å². The second kappa shape index (κ2) is 4.35. The molecule has 1 aliphatic rings. The first-order chi connectivity index (χ1) is 8.02. The highest BCUT2D eigenvalue weighted by Crippen LogP contribution is 2.34. The molecule has 1 heterocycles. The Morgan fingerprint density at radius 3 is 2.24 bits per heavy atom. The zero-order chi connectivity index (χ0) is 12.5. The van der Waals surface area contributed by atoms with Crippen LogP contribution in [-0.4, -0.2) is 41.6 Å². The highest BCUT2D eigenvalue weighted by molar-refractivity contribution is 5.44. The smallest absolute Gasteiger partial charge is 0.231 e. The molecule has 2 rings (SSSR count). The van der Waals surface area contributed by atoms with Crippen molar-refractivity contribution in [3.63, 3.8) is 0 Å². The molecule has 1 saturated carbocycles. The molecule has 0 aliphatic heterocycles. The number of hydrogen-bond acceptors (Lipinski definition) is 6. The third kappa shape index (κ3) is 2.57. The molecule has 0 bridgehead atoms. The lowest BCUT2D eigenvalue weighted by atomic mass is 9.79. The Morgan fingerprint density at radius 2 is 1.76 bits per heavy atom. The number of anilines is 3. The van der Waals surface area contributed by atoms with Crippen LogP contribution in [0.3, 0.4) is 0 Å². The van der Waals surface area contributed by atoms with Crippen LogP contribution in [0.1, 0.15) is 26.2 Å². The van der Waals surface area contributed by atoms with Gasteiger partial charge in [-0.1, -0.05) is 0 Å². The molecule has 2 N–H and O–H groups in total. The van der Waals surface area contributed by atoms with Gasteiger partial charge in [-0.3, -0.25) is 0 Å². The summed E-state index contributed by atoms with van der Waals surface area (Å²) in [5.41, 5.74) is 0.149. The number of nitrogens with one attached hydrogen (secondary N) is 2. The minimum atomic E-state index is 0.149. The minimum absolute atomic E-state index is 0.149. The highest BCUT2D eigenvalue weighted by Gasteiger charge is 2.32. The van der Waals surface area contributed by atoms with E-state index in [1.807, 2.05) is 26.0 Å². The highest BCUT2D eigenvalue weighted by atomic mass is 15.3. The van der Waals surface area contributed by atoms with E-state index in [0.717, 1.165) is 0 Å². The van der Waals surface area contributed by atoms with Gasteiger partial charge in [-0.05, 0) is 26.2 Å². The molecule has 0 atom stereocenters. The summed E-state index contributed by atoms with van der Waals surface area (Å²) in [7, 11) is 5.65. The first-order valence-electron chi connectivity index (χ1n) is 5.92. The Balaban J connectivity index is 2.23. The van der Waals surface area contributed by atoms with Crippen LogP contribution in [0, 0.1) is 0 Å². The summed E-state index contributed by atoms with van der Waals surface area (Å²) in [6.45, 7) is 2.20. The van der Waals surface area contributed by atoms with Crippen molar-refractivity contribution in [2.45, 2.75) is 31.7 Å². The van der Waals surface area contributed by atoms with Crippen molar-refractivity contribution in [3.8, 4) is 0 Å². The Labute approximate surface area is 102 Å². The summed E-state index contributed by atoms with van der Waals surface area (Å²) >= 11 is 0. The largest absolute Gasteiger partial charge is 0.357 e. The van der Waals surface area contributed by atoms with Gasteiger partial charge >= 0.3 is 0 Å². The molecule has 1 fully saturated rings. The number of rotatable bonds is 4. The fourth-order valence-electron chi connectivity index (χ4n) is 1.83. The summed E-state index contributed by atoms with van der Waals surface area (Å²) < 4.78 is 0. The average molecular weight is 236 g/mol. The van der Waals surface area contributed by atoms with Gasteiger partial charge in [0.1, 0.15) is 0 Å². The maximum absolute atomic E-state index is 4.40. The molecule has 0 amide bonds. The lowest BCUT2D eigenvalue weighted by Gasteiger charge is -2.39. The van der Waals surface area contributed by atoms with E-state index in [1.165, 1.54) is 19.3 Å². The number of nitrogens with zero attached hydrogens (tertiary/aromatic N) is 4. The van der Waals surface area contributed by atoms with Crippen molar-refractivity contribution < 1.29 is 0 Å². The molecule has 0 unspecified atom stereocenters. The topological polar surface area (TPSA) is 66.0 Å². The van der Waals surface area contributed by atoms with E-state index in [1.54, 1.807) is 0 Å². The first kappa shape index (κ1) is 11.9. The van der Waals surface area contributed by atoms with Crippen molar-refractivity contribution >= 4 is 17.8 Å². The summed E-state index contributed by atoms with van der Waals surface area (Å²) in [5.74, 6) is 1.90. The fourth-order valence-corrected chi connectivity index (χ4v) is 1.83. The second-order valence-electron chi connectivity index (χ2n) is 4.97. The lowest BCUT2D eigenvalue weighted by molar-refractivity contribution is 0.304. The third-order valence-electron chi connectivity index (χ3n) is 3.12. The van der Waals surface area contributed by atoms with E-state index >= 15 is 0 Å². The fraction of sp³-hybridized carbons (Fsp3) is 0.727. The molecular weight excluding hydrogens is 216 g/mol. The first-order valence-corrected chi connectivity index (χ1v) is 5.92. The van der Waals surface area contributed by atoms with Crippen LogP contribution in [0.4, 0.5) is 17.8 Å². The van der Waals surface area contributed by atoms with E-state index in [4.69, 9.17) is 0 Å². The molecule has 6 heteroatoms. The Kier molecular flexibility index (Phi) is 3.04. The van der Waals surface area contributed by atoms with Crippen LogP contribution in [0.25, 0.3) is 0 Å². The summed E-state index contributed by atoms with van der Waals surface area (Å²) in [6, 6.07) is 0. The van der Waals surface area contributed by atoms with Gasteiger partial charge in [0.25, 0.3) is 0 Å². The van der Waals surface area contributed by atoms with Crippen LogP contribution in [0.5, 0.6) is 0 Å². The van der Waals surface area contributed by atoms with Gasteiger partial charge in [-0.2, -0.15) is 15.0 Å². The van der Waals surface area contributed by atoms with Gasteiger partial charge in [0.2, 0.25) is 17.8 Å². The average Bonchev–Trinajstić information content (AvgIpc) is 2.26. The van der Waals surface area contributed by atoms with Crippen LogP contribution in [0.15, 0.2) is 0 Å². The monoisotopic (exact) mass is 236 g/mol. The van der Waals surface area contributed by atoms with Gasteiger partial charge in [0.05, 0.1) is 0 Å². The molecule has 0 radical (unpaired) electrons. The summed E-state index contributed by atoms with van der Waals surface area (Å²) in [6.07, 6.45) is 3.61. The van der Waals surface area contributed by atoms with Gasteiger partial charge < -0.3 is 15.5 Å². The molecule has 0 aromatic carbocycles. The molecule has 17 heavy (non-hydrogen) atoms. The molecule has 1 aromatic heterocycles. The Hall–Kier alpha value is -1.59. The molecular formula is C11H20N6. The predicted octanol–water partition coefficient (Wildman–Crippen LogP) is 1.33. The lowest BCUT2D eigenvalue weighted by Crippen LogP contribution is -2.42. The standard InChI is InChI=1S/C11H20N6/c1-11(6-5-7-11)16-9-13-8(12-2)14-10(15-9)17(3)4/h5-7H2,1-4H3,(H2,12,13,14,15,16). The van der Waals surface area contributed by atoms with Crippen LogP contribution in [0.2, 0.25) is 0 Å².